The van der Waals surface area contributed by atoms with Gasteiger partial charge in [0.1, 0.15) is 0 Å². The number of amides is 1. The van der Waals surface area contributed by atoms with Gasteiger partial charge < -0.3 is 11.1 Å². The van der Waals surface area contributed by atoms with Gasteiger partial charge in [0.25, 0.3) is 5.91 Å². The van der Waals surface area contributed by atoms with Crippen LogP contribution in [-0.2, 0) is 0 Å². The fourth-order valence-corrected chi connectivity index (χ4v) is 4.07. The average Bonchev–Trinajstić information content (AvgIpc) is 2.86. The van der Waals surface area contributed by atoms with E-state index in [1.54, 1.807) is 0 Å². The van der Waals surface area contributed by atoms with Crippen LogP contribution in [0.2, 0.25) is 0 Å². The van der Waals surface area contributed by atoms with Crippen LogP contribution in [0.3, 0.4) is 0 Å². The molecule has 2 heterocycles. The zero-order chi connectivity index (χ0) is 15.0. The van der Waals surface area contributed by atoms with Crippen molar-refractivity contribution >= 4 is 27.5 Å². The molecular weight excluding hydrogens is 330 g/mol. The number of carbonyl (C=O) groups is 1. The number of carbonyl (C=O) groups excluding carboxylic acids is 1. The zero-order valence-corrected chi connectivity index (χ0v) is 13.9. The smallest absolute Gasteiger partial charge is 0.251 e. The second kappa shape index (κ2) is 5.97. The van der Waals surface area contributed by atoms with Crippen LogP contribution in [0.1, 0.15) is 41.6 Å². The Labute approximate surface area is 134 Å². The normalized spacial score (nSPS) is 25.6. The first-order chi connectivity index (χ1) is 10.1. The standard InChI is InChI=1S/C16H22BrN3O/c1-10-12(8-11(17)9-13(10)18)16(21)19-14-5-7-20-6-3-2-4-15(14)20/h8-9,14-15H,2-7,18H2,1H3,(H,19,21). The van der Waals surface area contributed by atoms with Crippen LogP contribution >= 0.6 is 15.9 Å². The van der Waals surface area contributed by atoms with E-state index in [0.717, 1.165) is 23.0 Å². The van der Waals surface area contributed by atoms with E-state index in [1.165, 1.54) is 25.8 Å². The second-order valence-corrected chi connectivity index (χ2v) is 7.05. The first-order valence-corrected chi connectivity index (χ1v) is 8.46. The molecule has 0 spiro atoms. The predicted molar refractivity (Wildman–Crippen MR) is 88.4 cm³/mol. The monoisotopic (exact) mass is 351 g/mol. The Hall–Kier alpha value is -1.07. The molecule has 4 nitrogen and oxygen atoms in total. The first kappa shape index (κ1) is 14.9. The lowest BCUT2D eigenvalue weighted by Crippen LogP contribution is -2.46. The Morgan fingerprint density at radius 1 is 1.33 bits per heavy atom. The fourth-order valence-electron chi connectivity index (χ4n) is 3.60. The van der Waals surface area contributed by atoms with Crippen LogP contribution in [-0.4, -0.2) is 36.0 Å². The van der Waals surface area contributed by atoms with Gasteiger partial charge in [0.05, 0.1) is 0 Å². The number of piperidine rings is 1. The molecule has 3 N–H and O–H groups in total. The lowest BCUT2D eigenvalue weighted by atomic mass is 9.98. The minimum absolute atomic E-state index is 0.00192. The number of fused-ring (bicyclic) bond motifs is 1. The molecule has 21 heavy (non-hydrogen) atoms. The Bertz CT molecular complexity index is 561. The molecular formula is C16H22BrN3O. The molecule has 2 aliphatic heterocycles. The van der Waals surface area contributed by atoms with Crippen LogP contribution in [0.5, 0.6) is 0 Å². The zero-order valence-electron chi connectivity index (χ0n) is 12.4. The number of rotatable bonds is 2. The minimum Gasteiger partial charge on any atom is -0.398 e. The maximum absolute atomic E-state index is 12.6. The Kier molecular flexibility index (Phi) is 4.22. The minimum atomic E-state index is -0.00192. The highest BCUT2D eigenvalue weighted by Crippen LogP contribution is 2.28. The van der Waals surface area contributed by atoms with E-state index in [0.29, 0.717) is 17.3 Å². The molecule has 3 rings (SSSR count). The van der Waals surface area contributed by atoms with Gasteiger partial charge in [-0.1, -0.05) is 22.4 Å². The van der Waals surface area contributed by atoms with Crippen molar-refractivity contribution in [1.82, 2.24) is 10.2 Å². The third kappa shape index (κ3) is 2.94. The van der Waals surface area contributed by atoms with Crippen LogP contribution in [0, 0.1) is 6.92 Å². The summed E-state index contributed by atoms with van der Waals surface area (Å²) in [7, 11) is 0. The number of anilines is 1. The van der Waals surface area contributed by atoms with Crippen LogP contribution < -0.4 is 11.1 Å². The van der Waals surface area contributed by atoms with Crippen molar-refractivity contribution in [3.8, 4) is 0 Å². The maximum Gasteiger partial charge on any atom is 0.251 e. The number of benzene rings is 1. The summed E-state index contributed by atoms with van der Waals surface area (Å²) < 4.78 is 0.849. The predicted octanol–water partition coefficient (Wildman–Crippen LogP) is 2.70. The summed E-state index contributed by atoms with van der Waals surface area (Å²) in [6.45, 7) is 4.19. The number of nitrogens with one attached hydrogen (secondary N) is 1. The second-order valence-electron chi connectivity index (χ2n) is 6.14. The van der Waals surface area contributed by atoms with Crippen molar-refractivity contribution in [2.45, 2.75) is 44.7 Å². The van der Waals surface area contributed by atoms with E-state index in [4.69, 9.17) is 5.73 Å². The molecule has 0 aliphatic carbocycles. The van der Waals surface area contributed by atoms with Crippen molar-refractivity contribution in [3.05, 3.63) is 27.7 Å². The van der Waals surface area contributed by atoms with Gasteiger partial charge in [-0.3, -0.25) is 9.69 Å². The number of nitrogens with zero attached hydrogens (tertiary/aromatic N) is 1. The molecule has 0 aromatic heterocycles. The summed E-state index contributed by atoms with van der Waals surface area (Å²) in [6, 6.07) is 4.49. The summed E-state index contributed by atoms with van der Waals surface area (Å²) in [6.07, 6.45) is 4.82. The van der Waals surface area contributed by atoms with Crippen molar-refractivity contribution in [1.29, 1.82) is 0 Å². The summed E-state index contributed by atoms with van der Waals surface area (Å²) in [5, 5.41) is 3.23. The molecule has 2 saturated heterocycles. The largest absolute Gasteiger partial charge is 0.398 e. The van der Waals surface area contributed by atoms with Crippen LogP contribution in [0.15, 0.2) is 16.6 Å². The van der Waals surface area contributed by atoms with E-state index in [1.807, 2.05) is 19.1 Å². The van der Waals surface area contributed by atoms with Gasteiger partial charge in [0.15, 0.2) is 0 Å². The molecule has 2 atom stereocenters. The molecule has 0 bridgehead atoms. The molecule has 0 radical (unpaired) electrons. The maximum atomic E-state index is 12.6. The summed E-state index contributed by atoms with van der Waals surface area (Å²) in [4.78, 5) is 15.1. The molecule has 5 heteroatoms. The van der Waals surface area contributed by atoms with Gasteiger partial charge in [-0.15, -0.1) is 0 Å². The van der Waals surface area contributed by atoms with E-state index in [2.05, 4.69) is 26.1 Å². The number of hydrogen-bond donors (Lipinski definition) is 2. The lowest BCUT2D eigenvalue weighted by molar-refractivity contribution is 0.0914. The summed E-state index contributed by atoms with van der Waals surface area (Å²) in [5.41, 5.74) is 8.14. The van der Waals surface area contributed by atoms with Gasteiger partial charge in [-0.25, -0.2) is 0 Å². The van der Waals surface area contributed by atoms with Gasteiger partial charge in [0.2, 0.25) is 0 Å². The van der Waals surface area contributed by atoms with Crippen LogP contribution in [0.4, 0.5) is 5.69 Å². The van der Waals surface area contributed by atoms with Crippen molar-refractivity contribution in [2.75, 3.05) is 18.8 Å². The summed E-state index contributed by atoms with van der Waals surface area (Å²) in [5.74, 6) is -0.00192. The van der Waals surface area contributed by atoms with E-state index in [9.17, 15) is 4.79 Å². The van der Waals surface area contributed by atoms with E-state index < -0.39 is 0 Å². The highest BCUT2D eigenvalue weighted by molar-refractivity contribution is 9.10. The molecule has 2 aliphatic rings. The Morgan fingerprint density at radius 2 is 2.14 bits per heavy atom. The Balaban J connectivity index is 1.75. The Morgan fingerprint density at radius 3 is 2.95 bits per heavy atom. The third-order valence-electron chi connectivity index (χ3n) is 4.83. The average molecular weight is 352 g/mol. The van der Waals surface area contributed by atoms with Crippen LogP contribution in [0.25, 0.3) is 0 Å². The number of halogens is 1. The van der Waals surface area contributed by atoms with Crippen molar-refractivity contribution in [3.63, 3.8) is 0 Å². The van der Waals surface area contributed by atoms with Gasteiger partial charge in [-0.2, -0.15) is 0 Å². The van der Waals surface area contributed by atoms with E-state index in [-0.39, 0.29) is 11.9 Å². The highest BCUT2D eigenvalue weighted by atomic mass is 79.9. The van der Waals surface area contributed by atoms with Gasteiger partial charge >= 0.3 is 0 Å². The number of hydrogen-bond acceptors (Lipinski definition) is 3. The SMILES string of the molecule is Cc1c(N)cc(Br)cc1C(=O)NC1CCN2CCCCC12. The third-order valence-corrected chi connectivity index (χ3v) is 5.29. The molecule has 114 valence electrons. The first-order valence-electron chi connectivity index (χ1n) is 7.67. The fraction of sp³-hybridized carbons (Fsp3) is 0.562. The molecule has 1 aromatic carbocycles. The highest BCUT2D eigenvalue weighted by Gasteiger charge is 2.36. The quantitative estimate of drug-likeness (QED) is 0.805. The van der Waals surface area contributed by atoms with Crippen molar-refractivity contribution in [2.24, 2.45) is 0 Å². The molecule has 2 unspecified atom stereocenters. The lowest BCUT2D eigenvalue weighted by Gasteiger charge is -2.32. The molecule has 0 saturated carbocycles. The topological polar surface area (TPSA) is 58.4 Å². The molecule has 1 aromatic rings. The molecule has 2 fully saturated rings. The number of nitrogen functional groups attached to an aromatic ring is 1. The van der Waals surface area contributed by atoms with Gasteiger partial charge in [-0.05, 0) is 50.4 Å². The van der Waals surface area contributed by atoms with Gasteiger partial charge in [0, 0.05) is 34.4 Å². The van der Waals surface area contributed by atoms with Crippen molar-refractivity contribution < 1.29 is 4.79 Å². The van der Waals surface area contributed by atoms with E-state index >= 15 is 0 Å². The summed E-state index contributed by atoms with van der Waals surface area (Å²) >= 11 is 3.42. The number of nitrogens with two attached hydrogens (primary N) is 1. The molecule has 1 amide bonds.